The SMILES string of the molecule is CCOc1c(Cl)cc(/C=N\Nc2ccc([N+](=O)[O-])cc2)cc1OC. The Bertz CT molecular complexity index is 748. The molecular weight excluding hydrogens is 334 g/mol. The molecule has 0 saturated heterocycles. The lowest BCUT2D eigenvalue weighted by atomic mass is 10.2. The number of rotatable bonds is 7. The van der Waals surface area contributed by atoms with Crippen LogP contribution < -0.4 is 14.9 Å². The third kappa shape index (κ3) is 4.36. The number of nitrogens with zero attached hydrogens (tertiary/aromatic N) is 2. The number of benzene rings is 2. The van der Waals surface area contributed by atoms with Crippen molar-refractivity contribution in [3.05, 3.63) is 57.1 Å². The lowest BCUT2D eigenvalue weighted by Gasteiger charge is -2.11. The number of nitro groups is 1. The van der Waals surface area contributed by atoms with Gasteiger partial charge in [-0.3, -0.25) is 15.5 Å². The van der Waals surface area contributed by atoms with E-state index in [1.807, 2.05) is 6.92 Å². The third-order valence-corrected chi connectivity index (χ3v) is 3.31. The predicted octanol–water partition coefficient (Wildman–Crippen LogP) is 4.10. The standard InChI is InChI=1S/C16H16ClN3O4/c1-3-24-16-14(17)8-11(9-15(16)23-2)10-18-19-12-4-6-13(7-5-12)20(21)22/h4-10,19H,3H2,1-2H3/b18-10-. The smallest absolute Gasteiger partial charge is 0.269 e. The van der Waals surface area contributed by atoms with Gasteiger partial charge in [0.2, 0.25) is 0 Å². The molecule has 0 aromatic heterocycles. The molecule has 2 aromatic carbocycles. The predicted molar refractivity (Wildman–Crippen MR) is 93.5 cm³/mol. The fraction of sp³-hybridized carbons (Fsp3) is 0.188. The van der Waals surface area contributed by atoms with Gasteiger partial charge in [0.25, 0.3) is 5.69 Å². The molecule has 0 aliphatic carbocycles. The van der Waals surface area contributed by atoms with Crippen molar-refractivity contribution in [3.8, 4) is 11.5 Å². The topological polar surface area (TPSA) is 86.0 Å². The van der Waals surface area contributed by atoms with E-state index in [1.54, 1.807) is 30.5 Å². The van der Waals surface area contributed by atoms with Gasteiger partial charge in [-0.25, -0.2) is 0 Å². The van der Waals surface area contributed by atoms with E-state index < -0.39 is 4.92 Å². The first-order valence-electron chi connectivity index (χ1n) is 7.09. The quantitative estimate of drug-likeness (QED) is 0.462. The molecule has 2 rings (SSSR count). The molecule has 0 radical (unpaired) electrons. The first-order chi connectivity index (χ1) is 11.5. The second kappa shape index (κ2) is 8.16. The molecule has 0 heterocycles. The molecule has 0 bridgehead atoms. The highest BCUT2D eigenvalue weighted by Gasteiger charge is 2.10. The van der Waals surface area contributed by atoms with Crippen molar-refractivity contribution >= 4 is 29.2 Å². The summed E-state index contributed by atoms with van der Waals surface area (Å²) in [7, 11) is 1.53. The van der Waals surface area contributed by atoms with Gasteiger partial charge in [0.1, 0.15) is 0 Å². The minimum Gasteiger partial charge on any atom is -0.493 e. The normalized spacial score (nSPS) is 10.6. The van der Waals surface area contributed by atoms with Crippen LogP contribution in [-0.4, -0.2) is 24.9 Å². The average Bonchev–Trinajstić information content (AvgIpc) is 2.57. The van der Waals surface area contributed by atoms with Gasteiger partial charge >= 0.3 is 0 Å². The number of hydrogen-bond acceptors (Lipinski definition) is 6. The molecule has 0 aliphatic rings. The van der Waals surface area contributed by atoms with Crippen LogP contribution in [0, 0.1) is 10.1 Å². The minimum atomic E-state index is -0.457. The molecule has 8 heteroatoms. The molecular formula is C16H16ClN3O4. The van der Waals surface area contributed by atoms with Crippen LogP contribution in [0.4, 0.5) is 11.4 Å². The summed E-state index contributed by atoms with van der Waals surface area (Å²) in [5.41, 5.74) is 4.15. The van der Waals surface area contributed by atoms with E-state index >= 15 is 0 Å². The molecule has 24 heavy (non-hydrogen) atoms. The van der Waals surface area contributed by atoms with Crippen molar-refractivity contribution in [3.63, 3.8) is 0 Å². The Morgan fingerprint density at radius 3 is 2.62 bits per heavy atom. The van der Waals surface area contributed by atoms with Crippen LogP contribution >= 0.6 is 11.6 Å². The van der Waals surface area contributed by atoms with Gasteiger partial charge in [-0.1, -0.05) is 11.6 Å². The summed E-state index contributed by atoms with van der Waals surface area (Å²) in [4.78, 5) is 10.1. The summed E-state index contributed by atoms with van der Waals surface area (Å²) >= 11 is 6.18. The number of non-ortho nitro benzene ring substituents is 1. The Kier molecular flexibility index (Phi) is 5.97. The van der Waals surface area contributed by atoms with Gasteiger partial charge in [-0.15, -0.1) is 0 Å². The van der Waals surface area contributed by atoms with Crippen LogP contribution in [-0.2, 0) is 0 Å². The van der Waals surface area contributed by atoms with Crippen LogP contribution in [0.15, 0.2) is 41.5 Å². The molecule has 126 valence electrons. The van der Waals surface area contributed by atoms with E-state index in [1.165, 1.54) is 19.2 Å². The van der Waals surface area contributed by atoms with Crippen molar-refractivity contribution in [1.82, 2.24) is 0 Å². The van der Waals surface area contributed by atoms with E-state index in [0.717, 1.165) is 5.56 Å². The first-order valence-corrected chi connectivity index (χ1v) is 7.46. The zero-order valence-electron chi connectivity index (χ0n) is 13.2. The average molecular weight is 350 g/mol. The van der Waals surface area contributed by atoms with Crippen LogP contribution in [0.2, 0.25) is 5.02 Å². The first kappa shape index (κ1) is 17.6. The third-order valence-electron chi connectivity index (χ3n) is 3.03. The van der Waals surface area contributed by atoms with E-state index in [-0.39, 0.29) is 5.69 Å². The molecule has 0 aliphatic heterocycles. The minimum absolute atomic E-state index is 0.0209. The number of ether oxygens (including phenoxy) is 2. The lowest BCUT2D eigenvalue weighted by Crippen LogP contribution is -1.98. The van der Waals surface area contributed by atoms with Crippen molar-refractivity contribution in [1.29, 1.82) is 0 Å². The number of nitrogens with one attached hydrogen (secondary N) is 1. The largest absolute Gasteiger partial charge is 0.493 e. The summed E-state index contributed by atoms with van der Waals surface area (Å²) in [5, 5.41) is 15.1. The van der Waals surface area contributed by atoms with E-state index in [9.17, 15) is 10.1 Å². The Hall–Kier alpha value is -2.80. The Morgan fingerprint density at radius 1 is 1.33 bits per heavy atom. The highest BCUT2D eigenvalue weighted by atomic mass is 35.5. The molecule has 2 aromatic rings. The number of hydrogen-bond donors (Lipinski definition) is 1. The summed E-state index contributed by atoms with van der Waals surface area (Å²) < 4.78 is 10.7. The van der Waals surface area contributed by atoms with Gasteiger partial charge in [0, 0.05) is 12.1 Å². The lowest BCUT2D eigenvalue weighted by molar-refractivity contribution is -0.384. The monoisotopic (exact) mass is 349 g/mol. The Morgan fingerprint density at radius 2 is 2.04 bits per heavy atom. The van der Waals surface area contributed by atoms with E-state index in [2.05, 4.69) is 10.5 Å². The molecule has 0 amide bonds. The van der Waals surface area contributed by atoms with Gasteiger partial charge in [-0.05, 0) is 36.8 Å². The van der Waals surface area contributed by atoms with Gasteiger partial charge in [0.05, 0.1) is 35.6 Å². The van der Waals surface area contributed by atoms with E-state index in [0.29, 0.717) is 28.8 Å². The van der Waals surface area contributed by atoms with Crippen molar-refractivity contribution in [2.75, 3.05) is 19.1 Å². The summed E-state index contributed by atoms with van der Waals surface area (Å²) in [5.74, 6) is 1.00. The van der Waals surface area contributed by atoms with Gasteiger partial charge in [-0.2, -0.15) is 5.10 Å². The highest BCUT2D eigenvalue weighted by molar-refractivity contribution is 6.32. The molecule has 0 saturated carbocycles. The van der Waals surface area contributed by atoms with Gasteiger partial charge < -0.3 is 9.47 Å². The van der Waals surface area contributed by atoms with Gasteiger partial charge in [0.15, 0.2) is 11.5 Å². The van der Waals surface area contributed by atoms with Crippen molar-refractivity contribution in [2.24, 2.45) is 5.10 Å². The van der Waals surface area contributed by atoms with Crippen LogP contribution in [0.3, 0.4) is 0 Å². The second-order valence-electron chi connectivity index (χ2n) is 4.64. The number of halogens is 1. The zero-order valence-corrected chi connectivity index (χ0v) is 13.9. The van der Waals surface area contributed by atoms with Crippen LogP contribution in [0.25, 0.3) is 0 Å². The molecule has 7 nitrogen and oxygen atoms in total. The van der Waals surface area contributed by atoms with Crippen molar-refractivity contribution in [2.45, 2.75) is 6.92 Å². The summed E-state index contributed by atoms with van der Waals surface area (Å²) in [6.07, 6.45) is 1.56. The molecule has 0 atom stereocenters. The second-order valence-corrected chi connectivity index (χ2v) is 5.05. The molecule has 1 N–H and O–H groups in total. The fourth-order valence-corrected chi connectivity index (χ4v) is 2.21. The zero-order chi connectivity index (χ0) is 17.5. The van der Waals surface area contributed by atoms with Crippen LogP contribution in [0.5, 0.6) is 11.5 Å². The fourth-order valence-electron chi connectivity index (χ4n) is 1.94. The highest BCUT2D eigenvalue weighted by Crippen LogP contribution is 2.36. The maximum absolute atomic E-state index is 10.6. The number of nitro benzene ring substituents is 1. The van der Waals surface area contributed by atoms with Crippen LogP contribution in [0.1, 0.15) is 12.5 Å². The summed E-state index contributed by atoms with van der Waals surface area (Å²) in [6.45, 7) is 2.34. The van der Waals surface area contributed by atoms with E-state index in [4.69, 9.17) is 21.1 Å². The Balaban J connectivity index is 2.11. The maximum Gasteiger partial charge on any atom is 0.269 e. The number of methoxy groups -OCH3 is 1. The Labute approximate surface area is 144 Å². The maximum atomic E-state index is 10.6. The molecule has 0 unspecified atom stereocenters. The number of anilines is 1. The molecule has 0 fully saturated rings. The van der Waals surface area contributed by atoms with Crippen molar-refractivity contribution < 1.29 is 14.4 Å². The molecule has 0 spiro atoms. The summed E-state index contributed by atoms with van der Waals surface area (Å²) in [6, 6.07) is 9.39. The number of hydrazone groups is 1.